The highest BCUT2D eigenvalue weighted by Crippen LogP contribution is 2.25. The monoisotopic (exact) mass is 250 g/mol. The van der Waals surface area contributed by atoms with E-state index in [0.717, 1.165) is 4.88 Å². The molecule has 5 nitrogen and oxygen atoms in total. The summed E-state index contributed by atoms with van der Waals surface area (Å²) in [4.78, 5) is 18.8. The molecule has 0 aromatic carbocycles. The molecule has 0 saturated carbocycles. The van der Waals surface area contributed by atoms with Gasteiger partial charge in [-0.3, -0.25) is 4.79 Å². The van der Waals surface area contributed by atoms with Crippen molar-refractivity contribution in [1.82, 2.24) is 9.88 Å². The number of aryl methyl sites for hydroxylation is 1. The third-order valence-electron chi connectivity index (χ3n) is 2.94. The van der Waals surface area contributed by atoms with Crippen molar-refractivity contribution in [1.29, 1.82) is 5.26 Å². The highest BCUT2D eigenvalue weighted by molar-refractivity contribution is 7.15. The lowest BCUT2D eigenvalue weighted by molar-refractivity contribution is -0.120. The lowest BCUT2D eigenvalue weighted by Gasteiger charge is -2.11. The van der Waals surface area contributed by atoms with E-state index in [0.29, 0.717) is 18.2 Å². The fourth-order valence-electron chi connectivity index (χ4n) is 2.00. The molecule has 17 heavy (non-hydrogen) atoms. The van der Waals surface area contributed by atoms with Crippen LogP contribution >= 0.6 is 11.3 Å². The Labute approximate surface area is 104 Å². The SMILES string of the molecule is Cc1cnc(NC(=O)[C@@H]2CN(C#N)CC2C)s1. The van der Waals surface area contributed by atoms with Crippen LogP contribution in [-0.4, -0.2) is 28.9 Å². The number of nitriles is 1. The van der Waals surface area contributed by atoms with Crippen LogP contribution < -0.4 is 5.32 Å². The van der Waals surface area contributed by atoms with Crippen LogP contribution in [0, 0.1) is 30.2 Å². The minimum Gasteiger partial charge on any atom is -0.310 e. The maximum Gasteiger partial charge on any atom is 0.231 e. The number of rotatable bonds is 2. The zero-order valence-electron chi connectivity index (χ0n) is 9.80. The van der Waals surface area contributed by atoms with Crippen LogP contribution in [0.15, 0.2) is 6.20 Å². The minimum atomic E-state index is -0.126. The summed E-state index contributed by atoms with van der Waals surface area (Å²) in [6.07, 6.45) is 3.82. The number of likely N-dealkylation sites (tertiary alicyclic amines) is 1. The highest BCUT2D eigenvalue weighted by atomic mass is 32.1. The van der Waals surface area contributed by atoms with Crippen molar-refractivity contribution < 1.29 is 4.79 Å². The fourth-order valence-corrected chi connectivity index (χ4v) is 2.67. The predicted molar refractivity (Wildman–Crippen MR) is 65.3 cm³/mol. The second-order valence-electron chi connectivity index (χ2n) is 4.35. The summed E-state index contributed by atoms with van der Waals surface area (Å²) in [5.74, 6) is 0.0409. The zero-order valence-corrected chi connectivity index (χ0v) is 10.6. The number of anilines is 1. The van der Waals surface area contributed by atoms with Gasteiger partial charge in [0.25, 0.3) is 0 Å². The van der Waals surface area contributed by atoms with E-state index in [1.165, 1.54) is 11.3 Å². The molecular formula is C11H14N4OS. The Hall–Kier alpha value is -1.61. The highest BCUT2D eigenvalue weighted by Gasteiger charge is 2.34. The first-order valence-electron chi connectivity index (χ1n) is 5.48. The van der Waals surface area contributed by atoms with E-state index in [-0.39, 0.29) is 17.7 Å². The maximum absolute atomic E-state index is 12.0. The number of nitrogens with zero attached hydrogens (tertiary/aromatic N) is 3. The van der Waals surface area contributed by atoms with Gasteiger partial charge in [-0.05, 0) is 12.8 Å². The Morgan fingerprint density at radius 1 is 1.71 bits per heavy atom. The van der Waals surface area contributed by atoms with Gasteiger partial charge in [-0.15, -0.1) is 11.3 Å². The smallest absolute Gasteiger partial charge is 0.231 e. The van der Waals surface area contributed by atoms with Gasteiger partial charge < -0.3 is 10.2 Å². The summed E-state index contributed by atoms with van der Waals surface area (Å²) in [6, 6.07) is 0. The van der Waals surface area contributed by atoms with Crippen molar-refractivity contribution in [3.63, 3.8) is 0 Å². The van der Waals surface area contributed by atoms with E-state index in [2.05, 4.69) is 16.5 Å². The van der Waals surface area contributed by atoms with Crippen LogP contribution in [0.25, 0.3) is 0 Å². The molecule has 1 fully saturated rings. The van der Waals surface area contributed by atoms with E-state index in [9.17, 15) is 4.79 Å². The van der Waals surface area contributed by atoms with Crippen LogP contribution in [0.4, 0.5) is 5.13 Å². The molecule has 1 aromatic heterocycles. The Bertz CT molecular complexity index is 464. The molecule has 0 aliphatic carbocycles. The van der Waals surface area contributed by atoms with Gasteiger partial charge in [-0.1, -0.05) is 6.92 Å². The molecular weight excluding hydrogens is 236 g/mol. The molecule has 1 aliphatic heterocycles. The van der Waals surface area contributed by atoms with Crippen molar-refractivity contribution in [2.75, 3.05) is 18.4 Å². The second kappa shape index (κ2) is 4.72. The van der Waals surface area contributed by atoms with Crippen molar-refractivity contribution in [3.05, 3.63) is 11.1 Å². The van der Waals surface area contributed by atoms with E-state index < -0.39 is 0 Å². The standard InChI is InChI=1S/C11H14N4OS/c1-7-4-15(6-12)5-9(7)10(16)14-11-13-3-8(2)17-11/h3,7,9H,4-5H2,1-2H3,(H,13,14,16)/t7?,9-/m1/s1. The van der Waals surface area contributed by atoms with Gasteiger partial charge in [0.15, 0.2) is 11.3 Å². The lowest BCUT2D eigenvalue weighted by atomic mass is 9.97. The first kappa shape index (κ1) is 11.9. The van der Waals surface area contributed by atoms with Crippen molar-refractivity contribution in [3.8, 4) is 6.19 Å². The van der Waals surface area contributed by atoms with E-state index in [1.807, 2.05) is 13.8 Å². The van der Waals surface area contributed by atoms with Gasteiger partial charge >= 0.3 is 0 Å². The molecule has 0 spiro atoms. The number of thiazole rings is 1. The lowest BCUT2D eigenvalue weighted by Crippen LogP contribution is -2.27. The zero-order chi connectivity index (χ0) is 12.4. The number of amides is 1. The van der Waals surface area contributed by atoms with Gasteiger partial charge in [-0.2, -0.15) is 5.26 Å². The molecule has 0 radical (unpaired) electrons. The third-order valence-corrected chi connectivity index (χ3v) is 3.77. The van der Waals surface area contributed by atoms with Crippen molar-refractivity contribution >= 4 is 22.4 Å². The topological polar surface area (TPSA) is 69.0 Å². The van der Waals surface area contributed by atoms with Gasteiger partial charge in [0, 0.05) is 24.2 Å². The van der Waals surface area contributed by atoms with Gasteiger partial charge in [0.1, 0.15) is 0 Å². The average molecular weight is 250 g/mol. The van der Waals surface area contributed by atoms with E-state index in [4.69, 9.17) is 5.26 Å². The number of carbonyl (C=O) groups excluding carboxylic acids is 1. The molecule has 1 aromatic rings. The Morgan fingerprint density at radius 2 is 2.47 bits per heavy atom. The Morgan fingerprint density at radius 3 is 3.00 bits per heavy atom. The van der Waals surface area contributed by atoms with Crippen molar-refractivity contribution in [2.45, 2.75) is 13.8 Å². The third kappa shape index (κ3) is 2.56. The molecule has 90 valence electrons. The molecule has 2 atom stereocenters. The van der Waals surface area contributed by atoms with Gasteiger partial charge in [0.2, 0.25) is 5.91 Å². The largest absolute Gasteiger partial charge is 0.310 e. The summed E-state index contributed by atoms with van der Waals surface area (Å²) in [5.41, 5.74) is 0. The predicted octanol–water partition coefficient (Wildman–Crippen LogP) is 1.44. The summed E-state index contributed by atoms with van der Waals surface area (Å²) < 4.78 is 0. The van der Waals surface area contributed by atoms with Crippen molar-refractivity contribution in [2.24, 2.45) is 11.8 Å². The molecule has 1 aliphatic rings. The van der Waals surface area contributed by atoms with Crippen LogP contribution in [0.5, 0.6) is 0 Å². The molecule has 2 rings (SSSR count). The number of aromatic nitrogens is 1. The fraction of sp³-hybridized carbons (Fsp3) is 0.545. The molecule has 1 saturated heterocycles. The molecule has 6 heteroatoms. The van der Waals surface area contributed by atoms with E-state index in [1.54, 1.807) is 11.1 Å². The molecule has 2 heterocycles. The van der Waals surface area contributed by atoms with Crippen LogP contribution in [-0.2, 0) is 4.79 Å². The summed E-state index contributed by atoms with van der Waals surface area (Å²) in [5, 5.41) is 12.3. The van der Waals surface area contributed by atoms with E-state index >= 15 is 0 Å². The quantitative estimate of drug-likeness (QED) is 0.806. The van der Waals surface area contributed by atoms with Crippen LogP contribution in [0.2, 0.25) is 0 Å². The summed E-state index contributed by atoms with van der Waals surface area (Å²) in [6.45, 7) is 5.11. The maximum atomic E-state index is 12.0. The number of carbonyl (C=O) groups is 1. The average Bonchev–Trinajstić information content (AvgIpc) is 2.85. The van der Waals surface area contributed by atoms with Crippen LogP contribution in [0.3, 0.4) is 0 Å². The summed E-state index contributed by atoms with van der Waals surface area (Å²) in [7, 11) is 0. The second-order valence-corrected chi connectivity index (χ2v) is 5.59. The molecule has 1 N–H and O–H groups in total. The molecule has 0 bridgehead atoms. The Kier molecular flexibility index (Phi) is 3.29. The number of hydrogen-bond donors (Lipinski definition) is 1. The minimum absolute atomic E-state index is 0.0374. The first-order chi connectivity index (χ1) is 8.10. The van der Waals surface area contributed by atoms with Crippen LogP contribution in [0.1, 0.15) is 11.8 Å². The number of nitrogens with one attached hydrogen (secondary N) is 1. The molecule has 1 unspecified atom stereocenters. The summed E-state index contributed by atoms with van der Waals surface area (Å²) >= 11 is 1.46. The first-order valence-corrected chi connectivity index (χ1v) is 6.29. The molecule has 1 amide bonds. The number of hydrogen-bond acceptors (Lipinski definition) is 5. The van der Waals surface area contributed by atoms with Gasteiger partial charge in [0.05, 0.1) is 5.92 Å². The normalized spacial score (nSPS) is 23.5. The van der Waals surface area contributed by atoms with Gasteiger partial charge in [-0.25, -0.2) is 4.98 Å². The Balaban J connectivity index is 1.99.